The summed E-state index contributed by atoms with van der Waals surface area (Å²) >= 11 is 1.60. The molecule has 0 radical (unpaired) electrons. The van der Waals surface area contributed by atoms with Gasteiger partial charge in [0.2, 0.25) is 0 Å². The maximum Gasteiger partial charge on any atom is 0.328 e. The average Bonchev–Trinajstić information content (AvgIpc) is 2.98. The fourth-order valence-corrected chi connectivity index (χ4v) is 2.73. The van der Waals surface area contributed by atoms with E-state index in [1.54, 1.807) is 29.9 Å². The predicted octanol–water partition coefficient (Wildman–Crippen LogP) is 3.07. The Morgan fingerprint density at radius 2 is 2.26 bits per heavy atom. The van der Waals surface area contributed by atoms with Gasteiger partial charge in [-0.3, -0.25) is 4.90 Å². The molecule has 1 N–H and O–H groups in total. The van der Waals surface area contributed by atoms with Crippen LogP contribution >= 0.6 is 11.3 Å². The van der Waals surface area contributed by atoms with E-state index in [-0.39, 0.29) is 0 Å². The fourth-order valence-electron chi connectivity index (χ4n) is 1.74. The van der Waals surface area contributed by atoms with Crippen LogP contribution in [0.25, 0.3) is 6.08 Å². The molecule has 0 aliphatic rings. The van der Waals surface area contributed by atoms with Crippen LogP contribution in [-0.4, -0.2) is 23.0 Å². The van der Waals surface area contributed by atoms with Crippen LogP contribution in [0.2, 0.25) is 0 Å². The molecule has 0 atom stereocenters. The van der Waals surface area contributed by atoms with Gasteiger partial charge in [0.25, 0.3) is 0 Å². The SMILES string of the molecule is CN(Cc1ccoc1)Cc1ccc(C=CC(=O)O)s1. The van der Waals surface area contributed by atoms with Crippen LogP contribution in [0, 0.1) is 0 Å². The lowest BCUT2D eigenvalue weighted by atomic mass is 10.3. The highest BCUT2D eigenvalue weighted by atomic mass is 32.1. The lowest BCUT2D eigenvalue weighted by molar-refractivity contribution is -0.131. The lowest BCUT2D eigenvalue weighted by Crippen LogP contribution is -2.15. The molecule has 100 valence electrons. The minimum Gasteiger partial charge on any atom is -0.478 e. The Hall–Kier alpha value is -1.85. The van der Waals surface area contributed by atoms with Gasteiger partial charge in [-0.2, -0.15) is 0 Å². The molecule has 2 aromatic heterocycles. The molecular formula is C14H15NO3S. The summed E-state index contributed by atoms with van der Waals surface area (Å²) in [7, 11) is 2.04. The topological polar surface area (TPSA) is 53.7 Å². The first-order valence-electron chi connectivity index (χ1n) is 5.83. The lowest BCUT2D eigenvalue weighted by Gasteiger charge is -2.13. The van der Waals surface area contributed by atoms with Gasteiger partial charge in [0, 0.05) is 34.5 Å². The van der Waals surface area contributed by atoms with E-state index in [2.05, 4.69) is 4.90 Å². The fraction of sp³-hybridized carbons (Fsp3) is 0.214. The smallest absolute Gasteiger partial charge is 0.328 e. The van der Waals surface area contributed by atoms with Crippen LogP contribution in [0.4, 0.5) is 0 Å². The molecule has 0 aliphatic carbocycles. The van der Waals surface area contributed by atoms with Crippen molar-refractivity contribution in [3.8, 4) is 0 Å². The predicted molar refractivity (Wildman–Crippen MR) is 74.9 cm³/mol. The molecule has 0 aromatic carbocycles. The van der Waals surface area contributed by atoms with E-state index in [9.17, 15) is 4.79 Å². The molecule has 19 heavy (non-hydrogen) atoms. The first-order valence-corrected chi connectivity index (χ1v) is 6.64. The van der Waals surface area contributed by atoms with E-state index in [0.29, 0.717) is 0 Å². The van der Waals surface area contributed by atoms with Gasteiger partial charge in [0.15, 0.2) is 0 Å². The summed E-state index contributed by atoms with van der Waals surface area (Å²) in [6.45, 7) is 1.66. The highest BCUT2D eigenvalue weighted by Gasteiger charge is 2.05. The Kier molecular flexibility index (Phi) is 4.54. The summed E-state index contributed by atoms with van der Waals surface area (Å²) in [4.78, 5) is 14.8. The van der Waals surface area contributed by atoms with E-state index < -0.39 is 5.97 Å². The van der Waals surface area contributed by atoms with E-state index in [1.165, 1.54) is 4.88 Å². The third-order valence-corrected chi connectivity index (χ3v) is 3.57. The number of nitrogens with zero attached hydrogens (tertiary/aromatic N) is 1. The summed E-state index contributed by atoms with van der Waals surface area (Å²) < 4.78 is 5.04. The molecule has 2 heterocycles. The Morgan fingerprint density at radius 3 is 2.95 bits per heavy atom. The number of carboxylic acids is 1. The Balaban J connectivity index is 1.90. The second-order valence-electron chi connectivity index (χ2n) is 4.28. The number of aliphatic carboxylic acids is 1. The molecule has 0 saturated heterocycles. The van der Waals surface area contributed by atoms with Crippen molar-refractivity contribution in [3.63, 3.8) is 0 Å². The van der Waals surface area contributed by atoms with Gasteiger partial charge in [0.05, 0.1) is 12.5 Å². The molecule has 2 aromatic rings. The van der Waals surface area contributed by atoms with Crippen molar-refractivity contribution in [1.29, 1.82) is 0 Å². The van der Waals surface area contributed by atoms with Gasteiger partial charge in [0.1, 0.15) is 0 Å². The number of carbonyl (C=O) groups is 1. The summed E-state index contributed by atoms with van der Waals surface area (Å²) in [5, 5.41) is 8.57. The van der Waals surface area contributed by atoms with Crippen molar-refractivity contribution < 1.29 is 14.3 Å². The van der Waals surface area contributed by atoms with Crippen molar-refractivity contribution in [2.45, 2.75) is 13.1 Å². The zero-order valence-electron chi connectivity index (χ0n) is 10.6. The molecule has 2 rings (SSSR count). The molecular weight excluding hydrogens is 262 g/mol. The zero-order chi connectivity index (χ0) is 13.7. The summed E-state index contributed by atoms with van der Waals surface area (Å²) in [6, 6.07) is 5.91. The highest BCUT2D eigenvalue weighted by Crippen LogP contribution is 2.20. The van der Waals surface area contributed by atoms with Gasteiger partial charge in [-0.25, -0.2) is 4.79 Å². The Labute approximate surface area is 115 Å². The first-order chi connectivity index (χ1) is 9.13. The Bertz CT molecular complexity index is 557. The number of rotatable bonds is 6. The van der Waals surface area contributed by atoms with Crippen molar-refractivity contribution in [2.24, 2.45) is 0 Å². The molecule has 4 nitrogen and oxygen atoms in total. The van der Waals surface area contributed by atoms with Gasteiger partial charge < -0.3 is 9.52 Å². The van der Waals surface area contributed by atoms with Crippen LogP contribution in [0.3, 0.4) is 0 Å². The third-order valence-electron chi connectivity index (χ3n) is 2.53. The molecule has 0 spiro atoms. The molecule has 0 amide bonds. The Morgan fingerprint density at radius 1 is 1.42 bits per heavy atom. The van der Waals surface area contributed by atoms with Crippen LogP contribution in [0.1, 0.15) is 15.3 Å². The van der Waals surface area contributed by atoms with E-state index in [1.807, 2.05) is 25.2 Å². The maximum atomic E-state index is 10.4. The van der Waals surface area contributed by atoms with Gasteiger partial charge >= 0.3 is 5.97 Å². The number of hydrogen-bond acceptors (Lipinski definition) is 4. The second-order valence-corrected chi connectivity index (χ2v) is 5.48. The largest absolute Gasteiger partial charge is 0.478 e. The third kappa shape index (κ3) is 4.39. The van der Waals surface area contributed by atoms with Crippen LogP contribution in [0.5, 0.6) is 0 Å². The second kappa shape index (κ2) is 6.36. The number of carboxylic acid groups (broad SMARTS) is 1. The van der Waals surface area contributed by atoms with Crippen LogP contribution in [0.15, 0.2) is 41.2 Å². The average molecular weight is 277 g/mol. The van der Waals surface area contributed by atoms with E-state index >= 15 is 0 Å². The van der Waals surface area contributed by atoms with Crippen molar-refractivity contribution in [2.75, 3.05) is 7.05 Å². The quantitative estimate of drug-likeness (QED) is 0.824. The molecule has 0 saturated carbocycles. The number of hydrogen-bond donors (Lipinski definition) is 1. The zero-order valence-corrected chi connectivity index (χ0v) is 11.4. The highest BCUT2D eigenvalue weighted by molar-refractivity contribution is 7.12. The summed E-state index contributed by atoms with van der Waals surface area (Å²) in [5.74, 6) is -0.924. The minimum atomic E-state index is -0.924. The molecule has 0 aliphatic heterocycles. The monoisotopic (exact) mass is 277 g/mol. The standard InChI is InChI=1S/C14H15NO3S/c1-15(8-11-6-7-18-10-11)9-13-3-2-12(19-13)4-5-14(16)17/h2-7,10H,8-9H2,1H3,(H,16,17). The summed E-state index contributed by atoms with van der Waals surface area (Å²) in [5.41, 5.74) is 1.14. The van der Waals surface area contributed by atoms with Gasteiger partial charge in [-0.15, -0.1) is 11.3 Å². The van der Waals surface area contributed by atoms with E-state index in [4.69, 9.17) is 9.52 Å². The molecule has 0 unspecified atom stereocenters. The minimum absolute atomic E-state index is 0.828. The summed E-state index contributed by atoms with van der Waals surface area (Å²) in [6.07, 6.45) is 6.19. The molecule has 5 heteroatoms. The van der Waals surface area contributed by atoms with Crippen molar-refractivity contribution in [1.82, 2.24) is 4.90 Å². The molecule has 0 bridgehead atoms. The number of thiophene rings is 1. The van der Waals surface area contributed by atoms with E-state index in [0.717, 1.165) is 29.6 Å². The van der Waals surface area contributed by atoms with Gasteiger partial charge in [-0.1, -0.05) is 0 Å². The van der Waals surface area contributed by atoms with Gasteiger partial charge in [-0.05, 0) is 31.3 Å². The van der Waals surface area contributed by atoms with Crippen molar-refractivity contribution in [3.05, 3.63) is 52.1 Å². The van der Waals surface area contributed by atoms with Crippen LogP contribution in [-0.2, 0) is 17.9 Å². The first kappa shape index (κ1) is 13.6. The normalized spacial score (nSPS) is 11.5. The maximum absolute atomic E-state index is 10.4. The number of furan rings is 1. The molecule has 0 fully saturated rings. The van der Waals surface area contributed by atoms with Crippen LogP contribution < -0.4 is 0 Å². The van der Waals surface area contributed by atoms with Crippen molar-refractivity contribution >= 4 is 23.4 Å².